The first kappa shape index (κ1) is 12.5. The SMILES string of the molecule is C=C(C)C(=O)NC1CC2CC1CC2C(F)(F)F. The molecule has 0 aromatic rings. The highest BCUT2D eigenvalue weighted by atomic mass is 19.4. The molecule has 0 aromatic carbocycles. The molecule has 0 heterocycles. The number of fused-ring (bicyclic) bond motifs is 2. The molecule has 0 saturated heterocycles. The summed E-state index contributed by atoms with van der Waals surface area (Å²) in [6.45, 7) is 5.12. The van der Waals surface area contributed by atoms with E-state index in [-0.39, 0.29) is 30.2 Å². The number of halogens is 3. The largest absolute Gasteiger partial charge is 0.392 e. The first-order chi connectivity index (χ1) is 7.79. The summed E-state index contributed by atoms with van der Waals surface area (Å²) in [5.41, 5.74) is 0.403. The summed E-state index contributed by atoms with van der Waals surface area (Å²) in [7, 11) is 0. The Morgan fingerprint density at radius 3 is 2.29 bits per heavy atom. The Hall–Kier alpha value is -1.00. The second-order valence-corrected chi connectivity index (χ2v) is 5.24. The van der Waals surface area contributed by atoms with E-state index in [0.29, 0.717) is 18.4 Å². The fraction of sp³-hybridized carbons (Fsp3) is 0.750. The van der Waals surface area contributed by atoms with Crippen LogP contribution in [-0.2, 0) is 4.79 Å². The van der Waals surface area contributed by atoms with Gasteiger partial charge in [-0.15, -0.1) is 0 Å². The Labute approximate surface area is 98.3 Å². The van der Waals surface area contributed by atoms with E-state index < -0.39 is 12.1 Å². The number of alkyl halides is 3. The maximum Gasteiger partial charge on any atom is 0.392 e. The van der Waals surface area contributed by atoms with Crippen molar-refractivity contribution in [3.05, 3.63) is 12.2 Å². The molecule has 2 aliphatic carbocycles. The summed E-state index contributed by atoms with van der Waals surface area (Å²) in [6.07, 6.45) is -2.88. The van der Waals surface area contributed by atoms with E-state index in [2.05, 4.69) is 11.9 Å². The van der Waals surface area contributed by atoms with Crippen LogP contribution in [0.15, 0.2) is 12.2 Å². The van der Waals surface area contributed by atoms with Gasteiger partial charge in [0.25, 0.3) is 0 Å². The molecule has 2 nitrogen and oxygen atoms in total. The molecule has 96 valence electrons. The van der Waals surface area contributed by atoms with Crippen LogP contribution in [0.1, 0.15) is 26.2 Å². The minimum atomic E-state index is -4.08. The molecule has 0 spiro atoms. The lowest BCUT2D eigenvalue weighted by Crippen LogP contribution is -2.42. The van der Waals surface area contributed by atoms with Gasteiger partial charge in [-0.3, -0.25) is 4.79 Å². The Morgan fingerprint density at radius 1 is 1.24 bits per heavy atom. The van der Waals surface area contributed by atoms with Crippen LogP contribution in [0.3, 0.4) is 0 Å². The summed E-state index contributed by atoms with van der Waals surface area (Å²) < 4.78 is 37.9. The number of carbonyl (C=O) groups is 1. The van der Waals surface area contributed by atoms with Crippen molar-refractivity contribution in [1.29, 1.82) is 0 Å². The summed E-state index contributed by atoms with van der Waals surface area (Å²) in [6, 6.07) is -0.0946. The average molecular weight is 247 g/mol. The van der Waals surface area contributed by atoms with Gasteiger partial charge in [-0.05, 0) is 38.0 Å². The molecule has 2 bridgehead atoms. The highest BCUT2D eigenvalue weighted by Gasteiger charge is 2.56. The van der Waals surface area contributed by atoms with Gasteiger partial charge in [0.2, 0.25) is 5.91 Å². The second-order valence-electron chi connectivity index (χ2n) is 5.24. The Balaban J connectivity index is 1.95. The first-order valence-electron chi connectivity index (χ1n) is 5.82. The fourth-order valence-electron chi connectivity index (χ4n) is 3.14. The van der Waals surface area contributed by atoms with Crippen LogP contribution >= 0.6 is 0 Å². The van der Waals surface area contributed by atoms with Crippen LogP contribution < -0.4 is 5.32 Å². The van der Waals surface area contributed by atoms with Crippen molar-refractivity contribution in [1.82, 2.24) is 5.32 Å². The average Bonchev–Trinajstić information content (AvgIpc) is 2.74. The summed E-state index contributed by atoms with van der Waals surface area (Å²) in [4.78, 5) is 11.4. The zero-order chi connectivity index (χ0) is 12.8. The number of nitrogens with one attached hydrogen (secondary N) is 1. The molecule has 1 amide bonds. The van der Waals surface area contributed by atoms with Gasteiger partial charge < -0.3 is 5.32 Å². The molecule has 1 N–H and O–H groups in total. The van der Waals surface area contributed by atoms with Crippen LogP contribution in [0.2, 0.25) is 0 Å². The Morgan fingerprint density at radius 2 is 1.88 bits per heavy atom. The van der Waals surface area contributed by atoms with E-state index in [0.717, 1.165) is 0 Å². The van der Waals surface area contributed by atoms with Crippen molar-refractivity contribution in [2.45, 2.75) is 38.4 Å². The zero-order valence-corrected chi connectivity index (χ0v) is 9.68. The predicted molar refractivity (Wildman–Crippen MR) is 57.1 cm³/mol. The number of rotatable bonds is 2. The van der Waals surface area contributed by atoms with Gasteiger partial charge in [0.05, 0.1) is 5.92 Å². The van der Waals surface area contributed by atoms with Gasteiger partial charge in [-0.2, -0.15) is 13.2 Å². The summed E-state index contributed by atoms with van der Waals surface area (Å²) in [5, 5.41) is 2.78. The van der Waals surface area contributed by atoms with E-state index in [1.807, 2.05) is 0 Å². The van der Waals surface area contributed by atoms with Crippen molar-refractivity contribution in [3.8, 4) is 0 Å². The third kappa shape index (κ3) is 2.33. The second kappa shape index (κ2) is 4.03. The van der Waals surface area contributed by atoms with Gasteiger partial charge in [0.15, 0.2) is 0 Å². The molecule has 0 aromatic heterocycles. The molecule has 0 aliphatic heterocycles. The minimum Gasteiger partial charge on any atom is -0.349 e. The first-order valence-corrected chi connectivity index (χ1v) is 5.82. The Kier molecular flexibility index (Phi) is 2.96. The van der Waals surface area contributed by atoms with Crippen molar-refractivity contribution in [2.75, 3.05) is 0 Å². The molecule has 0 radical (unpaired) electrons. The predicted octanol–water partition coefficient (Wildman–Crippen LogP) is 2.66. The van der Waals surface area contributed by atoms with Gasteiger partial charge in [0, 0.05) is 11.6 Å². The quantitative estimate of drug-likeness (QED) is 0.747. The third-order valence-electron chi connectivity index (χ3n) is 3.98. The van der Waals surface area contributed by atoms with Crippen molar-refractivity contribution in [3.63, 3.8) is 0 Å². The van der Waals surface area contributed by atoms with Gasteiger partial charge >= 0.3 is 6.18 Å². The van der Waals surface area contributed by atoms with E-state index in [9.17, 15) is 18.0 Å². The monoisotopic (exact) mass is 247 g/mol. The molecule has 4 unspecified atom stereocenters. The molecule has 2 aliphatic rings. The standard InChI is InChI=1S/C12H16F3NO/c1-6(2)11(17)16-10-5-7-3-8(10)4-9(7)12(13,14)15/h7-10H,1,3-5H2,2H3,(H,16,17). The fourth-order valence-corrected chi connectivity index (χ4v) is 3.14. The molecular weight excluding hydrogens is 231 g/mol. The van der Waals surface area contributed by atoms with Crippen LogP contribution in [0.5, 0.6) is 0 Å². The lowest BCUT2D eigenvalue weighted by atomic mass is 9.85. The maximum absolute atomic E-state index is 12.6. The summed E-state index contributed by atoms with van der Waals surface area (Å²) in [5.74, 6) is -1.73. The van der Waals surface area contributed by atoms with Crippen molar-refractivity contribution in [2.24, 2.45) is 17.8 Å². The van der Waals surface area contributed by atoms with Gasteiger partial charge in [-0.1, -0.05) is 6.58 Å². The minimum absolute atomic E-state index is 0.0186. The zero-order valence-electron chi connectivity index (χ0n) is 9.68. The maximum atomic E-state index is 12.6. The van der Waals surface area contributed by atoms with E-state index in [4.69, 9.17) is 0 Å². The third-order valence-corrected chi connectivity index (χ3v) is 3.98. The van der Waals surface area contributed by atoms with Crippen LogP contribution in [0.25, 0.3) is 0 Å². The lowest BCUT2D eigenvalue weighted by Gasteiger charge is -2.29. The van der Waals surface area contributed by atoms with Crippen molar-refractivity contribution < 1.29 is 18.0 Å². The molecule has 17 heavy (non-hydrogen) atoms. The molecular formula is C12H16F3NO. The van der Waals surface area contributed by atoms with E-state index in [1.54, 1.807) is 6.92 Å². The van der Waals surface area contributed by atoms with Crippen LogP contribution in [-0.4, -0.2) is 18.1 Å². The number of hydrogen-bond acceptors (Lipinski definition) is 1. The van der Waals surface area contributed by atoms with Gasteiger partial charge in [0.1, 0.15) is 0 Å². The molecule has 2 saturated carbocycles. The highest BCUT2D eigenvalue weighted by Crippen LogP contribution is 2.54. The lowest BCUT2D eigenvalue weighted by molar-refractivity contribution is -0.187. The van der Waals surface area contributed by atoms with Crippen LogP contribution in [0, 0.1) is 17.8 Å². The number of amides is 1. The molecule has 2 fully saturated rings. The number of hydrogen-bond donors (Lipinski definition) is 1. The van der Waals surface area contributed by atoms with Crippen molar-refractivity contribution >= 4 is 5.91 Å². The summed E-state index contributed by atoms with van der Waals surface area (Å²) >= 11 is 0. The Bertz CT molecular complexity index is 350. The van der Waals surface area contributed by atoms with E-state index >= 15 is 0 Å². The topological polar surface area (TPSA) is 29.1 Å². The molecule has 5 heteroatoms. The highest BCUT2D eigenvalue weighted by molar-refractivity contribution is 5.92. The van der Waals surface area contributed by atoms with E-state index in [1.165, 1.54) is 0 Å². The number of carbonyl (C=O) groups excluding carboxylic acids is 1. The van der Waals surface area contributed by atoms with Crippen LogP contribution in [0.4, 0.5) is 13.2 Å². The molecule has 4 atom stereocenters. The smallest absolute Gasteiger partial charge is 0.349 e. The molecule has 2 rings (SSSR count). The van der Waals surface area contributed by atoms with Gasteiger partial charge in [-0.25, -0.2) is 0 Å². The normalized spacial score (nSPS) is 36.0.